The molecule has 0 saturated carbocycles. The smallest absolute Gasteiger partial charge is 1.00 e. The zero-order valence-corrected chi connectivity index (χ0v) is 16.2. The summed E-state index contributed by atoms with van der Waals surface area (Å²) in [7, 11) is -0.228. The predicted octanol–water partition coefficient (Wildman–Crippen LogP) is -6.62. The Morgan fingerprint density at radius 1 is 1.11 bits per heavy atom. The van der Waals surface area contributed by atoms with Crippen molar-refractivity contribution in [1.29, 1.82) is 0 Å². The molecule has 0 radical (unpaired) electrons. The van der Waals surface area contributed by atoms with Gasteiger partial charge in [0.05, 0.1) is 0 Å². The van der Waals surface area contributed by atoms with Crippen molar-refractivity contribution >= 4 is 14.7 Å². The number of allylic oxidation sites excluding steroid dienone is 4. The zero-order chi connectivity index (χ0) is 11.4. The molecular formula is C14H17Cl3SiTi. The molecule has 5 heteroatoms. The summed E-state index contributed by atoms with van der Waals surface area (Å²) >= 11 is 2.32. The third-order valence-electron chi connectivity index (χ3n) is 3.06. The molecule has 0 bridgehead atoms. The van der Waals surface area contributed by atoms with Crippen LogP contribution in [0.5, 0.6) is 0 Å². The van der Waals surface area contributed by atoms with Gasteiger partial charge < -0.3 is 37.2 Å². The van der Waals surface area contributed by atoms with Gasteiger partial charge in [0.1, 0.15) is 0 Å². The van der Waals surface area contributed by atoms with Crippen molar-refractivity contribution in [1.82, 2.24) is 0 Å². The summed E-state index contributed by atoms with van der Waals surface area (Å²) in [6.07, 6.45) is 6.25. The summed E-state index contributed by atoms with van der Waals surface area (Å²) in [5, 5.41) is 3.24. The van der Waals surface area contributed by atoms with Gasteiger partial charge in [0, 0.05) is 0 Å². The average Bonchev–Trinajstić information content (AvgIpc) is 2.64. The van der Waals surface area contributed by atoms with Gasteiger partial charge >= 0.3 is 112 Å². The molecule has 102 valence electrons. The van der Waals surface area contributed by atoms with Gasteiger partial charge in [0.2, 0.25) is 0 Å². The molecule has 1 aliphatic rings. The van der Waals surface area contributed by atoms with E-state index in [2.05, 4.69) is 63.8 Å². The molecule has 0 heterocycles. The van der Waals surface area contributed by atoms with Crippen molar-refractivity contribution in [3.05, 3.63) is 51.1 Å². The van der Waals surface area contributed by atoms with Gasteiger partial charge in [0.15, 0.2) is 0 Å². The van der Waals surface area contributed by atoms with Gasteiger partial charge in [0.25, 0.3) is 0 Å². The number of hydrogen-bond acceptors (Lipinski definition) is 0. The minimum absolute atomic E-state index is 0. The third kappa shape index (κ3) is 6.20. The van der Waals surface area contributed by atoms with Crippen molar-refractivity contribution in [3.63, 3.8) is 0 Å². The van der Waals surface area contributed by atoms with Crippen LogP contribution >= 0.6 is 0 Å². The van der Waals surface area contributed by atoms with Gasteiger partial charge in [-0.15, -0.1) is 0 Å². The maximum Gasteiger partial charge on any atom is -1.00 e. The Kier molecular flexibility index (Phi) is 12.8. The van der Waals surface area contributed by atoms with Crippen LogP contribution < -0.4 is 42.4 Å². The summed E-state index contributed by atoms with van der Waals surface area (Å²) in [5.41, 5.74) is 1.68. The van der Waals surface area contributed by atoms with Crippen LogP contribution in [0, 0.1) is 0 Å². The maximum atomic E-state index is 2.47. The zero-order valence-electron chi connectivity index (χ0n) is 10.9. The van der Waals surface area contributed by atoms with Crippen LogP contribution in [0.4, 0.5) is 0 Å². The summed E-state index contributed by atoms with van der Waals surface area (Å²) < 4.78 is 1.61. The molecule has 0 amide bonds. The minimum atomic E-state index is -0.228. The average molecular weight is 368 g/mol. The first-order chi connectivity index (χ1) is 7.81. The van der Waals surface area contributed by atoms with Crippen LogP contribution in [0.25, 0.3) is 0 Å². The number of benzene rings is 1. The van der Waals surface area contributed by atoms with Crippen molar-refractivity contribution in [3.8, 4) is 0 Å². The van der Waals surface area contributed by atoms with E-state index in [1.54, 1.807) is 19.8 Å². The molecule has 0 aliphatic heterocycles. The van der Waals surface area contributed by atoms with Crippen molar-refractivity contribution in [2.75, 3.05) is 0 Å². The second-order valence-corrected chi connectivity index (χ2v) is 7.04. The number of hydrogen-bond donors (Lipinski definition) is 0. The molecule has 0 N–H and O–H groups in total. The molecule has 1 aromatic rings. The Bertz CT molecular complexity index is 430. The molecule has 19 heavy (non-hydrogen) atoms. The second kappa shape index (κ2) is 11.2. The molecule has 0 nitrogen and oxygen atoms in total. The van der Waals surface area contributed by atoms with Crippen LogP contribution in [0.15, 0.2) is 51.1 Å². The van der Waals surface area contributed by atoms with Crippen LogP contribution in [-0.2, 0) is 20.4 Å². The number of halogens is 3. The van der Waals surface area contributed by atoms with E-state index in [9.17, 15) is 0 Å². The van der Waals surface area contributed by atoms with Gasteiger partial charge in [-0.1, -0.05) is 0 Å². The Morgan fingerprint density at radius 3 is 2.32 bits per heavy atom. The van der Waals surface area contributed by atoms with Gasteiger partial charge in [-0.2, -0.15) is 0 Å². The summed E-state index contributed by atoms with van der Waals surface area (Å²) in [6.45, 7) is 2.27. The van der Waals surface area contributed by atoms with E-state index in [4.69, 9.17) is 0 Å². The second-order valence-electron chi connectivity index (χ2n) is 4.32. The first-order valence-electron chi connectivity index (χ1n) is 5.98. The van der Waals surface area contributed by atoms with E-state index in [0.29, 0.717) is 0 Å². The fourth-order valence-corrected chi connectivity index (χ4v) is 4.77. The maximum absolute atomic E-state index is 2.47. The molecule has 0 aromatic heterocycles. The molecular weight excluding hydrogens is 350 g/mol. The largest absolute Gasteiger partial charge is 1.00 e. The van der Waals surface area contributed by atoms with E-state index in [0.717, 1.165) is 0 Å². The van der Waals surface area contributed by atoms with Crippen LogP contribution in [0.3, 0.4) is 0 Å². The Balaban J connectivity index is 0. The first kappa shape index (κ1) is 21.8. The Hall–Kier alpha value is 0.501. The molecule has 1 aromatic carbocycles. The Labute approximate surface area is 149 Å². The molecule has 0 saturated heterocycles. The van der Waals surface area contributed by atoms with Crippen molar-refractivity contribution in [2.45, 2.75) is 26.2 Å². The van der Waals surface area contributed by atoms with Crippen LogP contribution in [0.1, 0.15) is 26.2 Å². The van der Waals surface area contributed by atoms with Crippen LogP contribution in [0.2, 0.25) is 0 Å². The van der Waals surface area contributed by atoms with E-state index >= 15 is 0 Å². The fourth-order valence-electron chi connectivity index (χ4n) is 2.18. The van der Waals surface area contributed by atoms with Gasteiger partial charge in [-0.25, -0.2) is 0 Å². The molecule has 2 rings (SSSR count). The summed E-state index contributed by atoms with van der Waals surface area (Å²) in [4.78, 5) is 0. The van der Waals surface area contributed by atoms with Gasteiger partial charge in [-0.05, 0) is 0 Å². The SMILES string of the molecule is CCCC1=[C]([Ti+3])C([SiH2]c2ccccc2)=CC1.[Cl-].[Cl-].[Cl-]. The summed E-state index contributed by atoms with van der Waals surface area (Å²) in [6, 6.07) is 11.0. The fraction of sp³-hybridized carbons (Fsp3) is 0.286. The normalized spacial score (nSPS) is 13.7. The minimum Gasteiger partial charge on any atom is -1.00 e. The predicted molar refractivity (Wildman–Crippen MR) is 69.3 cm³/mol. The third-order valence-corrected chi connectivity index (χ3v) is 6.57. The van der Waals surface area contributed by atoms with Crippen LogP contribution in [-0.4, -0.2) is 9.52 Å². The quantitative estimate of drug-likeness (QED) is 0.464. The standard InChI is InChI=1S/C14H17Si.3ClH.Ti/c1-2-6-12-9-10-14(11-12)15-13-7-4-3-5-8-13;;;;/h3-5,7-8,10H,2,6,9,15H2,1H3;3*1H;/q;;;;+3/p-3. The Morgan fingerprint density at radius 2 is 1.74 bits per heavy atom. The molecule has 0 fully saturated rings. The van der Waals surface area contributed by atoms with Crippen molar-refractivity contribution < 1.29 is 57.7 Å². The monoisotopic (exact) mass is 366 g/mol. The van der Waals surface area contributed by atoms with Crippen molar-refractivity contribution in [2.24, 2.45) is 0 Å². The first-order valence-corrected chi connectivity index (χ1v) is 8.17. The summed E-state index contributed by atoms with van der Waals surface area (Å²) in [5.74, 6) is 0. The molecule has 0 spiro atoms. The number of rotatable bonds is 4. The van der Waals surface area contributed by atoms with Gasteiger partial charge in [-0.3, -0.25) is 0 Å². The molecule has 0 atom stereocenters. The molecule has 0 unspecified atom stereocenters. The van der Waals surface area contributed by atoms with E-state index in [-0.39, 0.29) is 46.7 Å². The topological polar surface area (TPSA) is 0 Å². The van der Waals surface area contributed by atoms with E-state index in [1.165, 1.54) is 19.3 Å². The van der Waals surface area contributed by atoms with E-state index < -0.39 is 0 Å². The van der Waals surface area contributed by atoms with E-state index in [1.807, 2.05) is 0 Å². The molecule has 1 aliphatic carbocycles.